The second-order valence-corrected chi connectivity index (χ2v) is 1.10. The van der Waals surface area contributed by atoms with Gasteiger partial charge in [0.15, 0.2) is 0 Å². The SMILES string of the molecule is ClCCOCl.[BaH2]. The topological polar surface area (TPSA) is 9.23 Å². The Bertz CT molecular complexity index is 19.0. The fourth-order valence-corrected chi connectivity index (χ4v) is 0.262. The average molecular weight is 254 g/mol. The van der Waals surface area contributed by atoms with Gasteiger partial charge in [-0.2, -0.15) is 0 Å². The van der Waals surface area contributed by atoms with Gasteiger partial charge in [-0.05, 0) is 0 Å². The molecule has 0 amide bonds. The quantitative estimate of drug-likeness (QED) is 0.514. The van der Waals surface area contributed by atoms with E-state index in [-0.39, 0.29) is 48.9 Å². The summed E-state index contributed by atoms with van der Waals surface area (Å²) in [6, 6.07) is 0. The van der Waals surface area contributed by atoms with E-state index in [1.54, 1.807) is 0 Å². The molecule has 0 radical (unpaired) electrons. The zero-order valence-corrected chi connectivity index (χ0v) is 4.09. The normalized spacial score (nSPS) is 7.00. The van der Waals surface area contributed by atoms with Gasteiger partial charge in [-0.1, -0.05) is 0 Å². The third kappa shape index (κ3) is 9.45. The van der Waals surface area contributed by atoms with Crippen molar-refractivity contribution in [2.45, 2.75) is 0 Å². The van der Waals surface area contributed by atoms with E-state index in [2.05, 4.69) is 4.29 Å². The zero-order chi connectivity index (χ0) is 4.12. The summed E-state index contributed by atoms with van der Waals surface area (Å²) in [7, 11) is 0. The molecule has 0 N–H and O–H groups in total. The summed E-state index contributed by atoms with van der Waals surface area (Å²) in [6.45, 7) is 0.420. The zero-order valence-electron chi connectivity index (χ0n) is 2.58. The predicted molar refractivity (Wildman–Crippen MR) is 31.1 cm³/mol. The first-order chi connectivity index (χ1) is 2.41. The minimum absolute atomic E-state index is 0. The van der Waals surface area contributed by atoms with Crippen LogP contribution in [0.2, 0.25) is 0 Å². The van der Waals surface area contributed by atoms with E-state index in [9.17, 15) is 0 Å². The van der Waals surface area contributed by atoms with Crippen LogP contribution in [-0.4, -0.2) is 61.4 Å². The molecule has 0 saturated heterocycles. The van der Waals surface area contributed by atoms with E-state index < -0.39 is 0 Å². The van der Waals surface area contributed by atoms with Crippen molar-refractivity contribution in [1.82, 2.24) is 0 Å². The second kappa shape index (κ2) is 10.2. The van der Waals surface area contributed by atoms with Crippen LogP contribution < -0.4 is 0 Å². The minimum atomic E-state index is 0. The molecule has 0 aliphatic heterocycles. The Morgan fingerprint density at radius 2 is 2.00 bits per heavy atom. The van der Waals surface area contributed by atoms with Gasteiger partial charge in [0, 0.05) is 5.88 Å². The molecular formula is C2H6BaCl2O. The van der Waals surface area contributed by atoms with Crippen LogP contribution in [0.15, 0.2) is 0 Å². The van der Waals surface area contributed by atoms with Crippen LogP contribution in [0.4, 0.5) is 0 Å². The molecule has 0 aliphatic carbocycles. The molecular weight excluding hydrogens is 248 g/mol. The van der Waals surface area contributed by atoms with Gasteiger partial charge >= 0.3 is 48.9 Å². The molecule has 0 atom stereocenters. The predicted octanol–water partition coefficient (Wildman–Crippen LogP) is 0.479. The Morgan fingerprint density at radius 1 is 1.50 bits per heavy atom. The van der Waals surface area contributed by atoms with E-state index in [1.807, 2.05) is 0 Å². The van der Waals surface area contributed by atoms with E-state index in [1.165, 1.54) is 0 Å². The molecule has 1 nitrogen and oxygen atoms in total. The average Bonchev–Trinajstić information content (AvgIpc) is 1.41. The molecule has 0 unspecified atom stereocenters. The van der Waals surface area contributed by atoms with Gasteiger partial charge in [-0.3, -0.25) is 4.29 Å². The van der Waals surface area contributed by atoms with Crippen molar-refractivity contribution < 1.29 is 4.29 Å². The number of hydrogen-bond acceptors (Lipinski definition) is 1. The first-order valence-electron chi connectivity index (χ1n) is 1.21. The Kier molecular flexibility index (Phi) is 18.6. The molecule has 0 bridgehead atoms. The van der Waals surface area contributed by atoms with Crippen molar-refractivity contribution in [2.75, 3.05) is 12.5 Å². The summed E-state index contributed by atoms with van der Waals surface area (Å²) < 4.78 is 4.03. The maximum atomic E-state index is 5.09. The van der Waals surface area contributed by atoms with Gasteiger partial charge in [-0.25, -0.2) is 0 Å². The molecule has 0 aromatic rings. The molecule has 6 heavy (non-hydrogen) atoms. The summed E-state index contributed by atoms with van der Waals surface area (Å²) in [6.07, 6.45) is 0. The van der Waals surface area contributed by atoms with Gasteiger partial charge < -0.3 is 0 Å². The van der Waals surface area contributed by atoms with Crippen molar-refractivity contribution in [2.24, 2.45) is 0 Å². The standard InChI is InChI=1S/C2H4Cl2O.Ba.2H/c3-1-2-5-4;;;/h1-2H2;;;. The molecule has 0 spiro atoms. The molecule has 0 rings (SSSR count). The monoisotopic (exact) mass is 254 g/mol. The summed E-state index contributed by atoms with van der Waals surface area (Å²) in [5.74, 6) is 0.462. The van der Waals surface area contributed by atoms with Crippen LogP contribution in [-0.2, 0) is 4.29 Å². The van der Waals surface area contributed by atoms with Crippen LogP contribution in [0.3, 0.4) is 0 Å². The molecule has 0 fully saturated rings. The summed E-state index contributed by atoms with van der Waals surface area (Å²) in [4.78, 5) is 0. The van der Waals surface area contributed by atoms with Crippen LogP contribution >= 0.6 is 23.5 Å². The van der Waals surface area contributed by atoms with Gasteiger partial charge in [0.2, 0.25) is 0 Å². The molecule has 0 heterocycles. The Balaban J connectivity index is 0. The summed E-state index contributed by atoms with van der Waals surface area (Å²) >= 11 is 9.81. The molecule has 36 valence electrons. The van der Waals surface area contributed by atoms with E-state index >= 15 is 0 Å². The van der Waals surface area contributed by atoms with Gasteiger partial charge in [0.1, 0.15) is 0 Å². The van der Waals surface area contributed by atoms with Crippen LogP contribution in [0, 0.1) is 0 Å². The number of hydrogen-bond donors (Lipinski definition) is 0. The molecule has 0 aromatic heterocycles. The summed E-state index contributed by atoms with van der Waals surface area (Å²) in [5, 5.41) is 0. The van der Waals surface area contributed by atoms with E-state index in [0.29, 0.717) is 12.5 Å². The van der Waals surface area contributed by atoms with Gasteiger partial charge in [0.05, 0.1) is 18.5 Å². The molecule has 0 aromatic carbocycles. The Labute approximate surface area is 87.6 Å². The van der Waals surface area contributed by atoms with Crippen LogP contribution in [0.5, 0.6) is 0 Å². The molecule has 0 saturated carbocycles. The van der Waals surface area contributed by atoms with Crippen LogP contribution in [0.1, 0.15) is 0 Å². The third-order valence-corrected chi connectivity index (χ3v) is 0.463. The maximum absolute atomic E-state index is 5.09. The van der Waals surface area contributed by atoms with E-state index in [0.717, 1.165) is 0 Å². The fourth-order valence-electron chi connectivity index (χ4n) is 0.0292. The van der Waals surface area contributed by atoms with Crippen molar-refractivity contribution >= 4 is 72.3 Å². The van der Waals surface area contributed by atoms with Crippen molar-refractivity contribution in [3.8, 4) is 0 Å². The number of rotatable bonds is 2. The van der Waals surface area contributed by atoms with Crippen molar-refractivity contribution in [1.29, 1.82) is 0 Å². The molecule has 4 heteroatoms. The number of alkyl halides is 1. The summed E-state index contributed by atoms with van der Waals surface area (Å²) in [5.41, 5.74) is 0. The first kappa shape index (κ1) is 11.0. The fraction of sp³-hybridized carbons (Fsp3) is 1.00. The number of halogens is 2. The van der Waals surface area contributed by atoms with Gasteiger partial charge in [-0.15, -0.1) is 11.6 Å². The first-order valence-corrected chi connectivity index (χ1v) is 2.05. The van der Waals surface area contributed by atoms with Gasteiger partial charge in [0.25, 0.3) is 0 Å². The van der Waals surface area contributed by atoms with Crippen molar-refractivity contribution in [3.05, 3.63) is 0 Å². The van der Waals surface area contributed by atoms with Crippen LogP contribution in [0.25, 0.3) is 0 Å². The second-order valence-electron chi connectivity index (χ2n) is 0.502. The van der Waals surface area contributed by atoms with E-state index in [4.69, 9.17) is 23.5 Å². The third-order valence-electron chi connectivity index (χ3n) is 0.154. The van der Waals surface area contributed by atoms with Crippen molar-refractivity contribution in [3.63, 3.8) is 0 Å². The Morgan fingerprint density at radius 3 is 2.00 bits per heavy atom. The molecule has 0 aliphatic rings. The Hall–Kier alpha value is 2.11.